The van der Waals surface area contributed by atoms with Crippen LogP contribution in [-0.4, -0.2) is 12.9 Å². The molecule has 110 valence electrons. The van der Waals surface area contributed by atoms with Gasteiger partial charge >= 0.3 is 0 Å². The Bertz CT molecular complexity index is 626. The van der Waals surface area contributed by atoms with Crippen molar-refractivity contribution in [1.29, 1.82) is 0 Å². The summed E-state index contributed by atoms with van der Waals surface area (Å²) in [6.45, 7) is 2.60. The molecule has 0 aliphatic carbocycles. The monoisotopic (exact) mass is 352 g/mol. The molecular formula is C16H14BrFO3. The van der Waals surface area contributed by atoms with Crippen LogP contribution < -0.4 is 9.47 Å². The van der Waals surface area contributed by atoms with Gasteiger partial charge in [0.2, 0.25) is 0 Å². The summed E-state index contributed by atoms with van der Waals surface area (Å²) < 4.78 is 24.7. The molecular weight excluding hydrogens is 339 g/mol. The summed E-state index contributed by atoms with van der Waals surface area (Å²) in [5.74, 6) is 0.746. The quantitative estimate of drug-likeness (QED) is 0.723. The van der Waals surface area contributed by atoms with Crippen molar-refractivity contribution < 1.29 is 18.7 Å². The fourth-order valence-corrected chi connectivity index (χ4v) is 2.18. The lowest BCUT2D eigenvalue weighted by Gasteiger charge is -2.13. The lowest BCUT2D eigenvalue weighted by Crippen LogP contribution is -2.01. The van der Waals surface area contributed by atoms with Gasteiger partial charge in [-0.2, -0.15) is 0 Å². The molecule has 0 radical (unpaired) electrons. The number of carbonyl (C=O) groups is 1. The molecule has 0 N–H and O–H groups in total. The van der Waals surface area contributed by atoms with Gasteiger partial charge < -0.3 is 9.47 Å². The number of carbonyl (C=O) groups excluding carboxylic acids is 1. The molecule has 0 atom stereocenters. The van der Waals surface area contributed by atoms with E-state index in [-0.39, 0.29) is 12.4 Å². The van der Waals surface area contributed by atoms with Crippen LogP contribution in [0.4, 0.5) is 4.39 Å². The fraction of sp³-hybridized carbons (Fsp3) is 0.188. The van der Waals surface area contributed by atoms with Gasteiger partial charge in [0, 0.05) is 10.0 Å². The van der Waals surface area contributed by atoms with Crippen molar-refractivity contribution >= 4 is 22.2 Å². The predicted molar refractivity (Wildman–Crippen MR) is 81.4 cm³/mol. The first-order valence-electron chi connectivity index (χ1n) is 6.42. The van der Waals surface area contributed by atoms with Crippen LogP contribution in [0.5, 0.6) is 11.5 Å². The molecule has 0 amide bonds. The normalized spacial score (nSPS) is 10.2. The maximum atomic E-state index is 12.9. The average molecular weight is 353 g/mol. The first-order valence-corrected chi connectivity index (χ1v) is 7.22. The van der Waals surface area contributed by atoms with Crippen molar-refractivity contribution in [2.24, 2.45) is 0 Å². The SMILES string of the molecule is CCOc1cc(C=O)c(Br)cc1OCc1ccc(F)cc1. The summed E-state index contributed by atoms with van der Waals surface area (Å²) in [7, 11) is 0. The van der Waals surface area contributed by atoms with Gasteiger partial charge in [0.05, 0.1) is 6.61 Å². The Morgan fingerprint density at radius 3 is 2.43 bits per heavy atom. The van der Waals surface area contributed by atoms with Crippen LogP contribution in [0.2, 0.25) is 0 Å². The molecule has 0 spiro atoms. The van der Waals surface area contributed by atoms with Crippen molar-refractivity contribution in [1.82, 2.24) is 0 Å². The van der Waals surface area contributed by atoms with Crippen molar-refractivity contribution in [3.63, 3.8) is 0 Å². The molecule has 0 saturated heterocycles. The zero-order chi connectivity index (χ0) is 15.2. The smallest absolute Gasteiger partial charge is 0.162 e. The molecule has 0 saturated carbocycles. The Kier molecular flexibility index (Phi) is 5.33. The third-order valence-corrected chi connectivity index (χ3v) is 3.48. The maximum absolute atomic E-state index is 12.9. The van der Waals surface area contributed by atoms with Gasteiger partial charge in [0.25, 0.3) is 0 Å². The Hall–Kier alpha value is -1.88. The van der Waals surface area contributed by atoms with Gasteiger partial charge in [-0.3, -0.25) is 4.79 Å². The van der Waals surface area contributed by atoms with Gasteiger partial charge in [0.15, 0.2) is 17.8 Å². The van der Waals surface area contributed by atoms with E-state index < -0.39 is 0 Å². The summed E-state index contributed by atoms with van der Waals surface area (Å²) in [4.78, 5) is 10.9. The van der Waals surface area contributed by atoms with Crippen LogP contribution in [-0.2, 0) is 6.61 Å². The van der Waals surface area contributed by atoms with Crippen LogP contribution in [0.15, 0.2) is 40.9 Å². The molecule has 0 fully saturated rings. The second-order valence-electron chi connectivity index (χ2n) is 4.29. The highest BCUT2D eigenvalue weighted by atomic mass is 79.9. The van der Waals surface area contributed by atoms with E-state index in [4.69, 9.17) is 9.47 Å². The van der Waals surface area contributed by atoms with Crippen LogP contribution in [0.1, 0.15) is 22.8 Å². The van der Waals surface area contributed by atoms with E-state index in [1.54, 1.807) is 24.3 Å². The molecule has 2 rings (SSSR count). The lowest BCUT2D eigenvalue weighted by molar-refractivity contribution is 0.112. The number of rotatable bonds is 6. The highest BCUT2D eigenvalue weighted by Gasteiger charge is 2.10. The molecule has 0 aliphatic heterocycles. The molecule has 2 aromatic rings. The van der Waals surface area contributed by atoms with Crippen molar-refractivity contribution in [2.45, 2.75) is 13.5 Å². The summed E-state index contributed by atoms with van der Waals surface area (Å²) >= 11 is 3.31. The van der Waals surface area contributed by atoms with Crippen LogP contribution in [0.25, 0.3) is 0 Å². The fourth-order valence-electron chi connectivity index (χ4n) is 1.76. The van der Waals surface area contributed by atoms with Gasteiger partial charge in [0.1, 0.15) is 12.4 Å². The van der Waals surface area contributed by atoms with Gasteiger partial charge in [-0.1, -0.05) is 12.1 Å². The minimum Gasteiger partial charge on any atom is -0.490 e. The lowest BCUT2D eigenvalue weighted by atomic mass is 10.2. The van der Waals surface area contributed by atoms with Crippen LogP contribution in [0.3, 0.4) is 0 Å². The van der Waals surface area contributed by atoms with Crippen molar-refractivity contribution in [3.05, 3.63) is 57.8 Å². The molecule has 0 heterocycles. The van der Waals surface area contributed by atoms with Gasteiger partial charge in [-0.25, -0.2) is 4.39 Å². The second kappa shape index (κ2) is 7.22. The van der Waals surface area contributed by atoms with E-state index in [1.807, 2.05) is 6.92 Å². The minimum atomic E-state index is -0.285. The van der Waals surface area contributed by atoms with Crippen LogP contribution >= 0.6 is 15.9 Å². The van der Waals surface area contributed by atoms with Gasteiger partial charge in [-0.15, -0.1) is 0 Å². The van der Waals surface area contributed by atoms with Crippen molar-refractivity contribution in [3.8, 4) is 11.5 Å². The zero-order valence-electron chi connectivity index (χ0n) is 11.4. The first-order chi connectivity index (χ1) is 10.1. The molecule has 0 bridgehead atoms. The van der Waals surface area contributed by atoms with E-state index in [9.17, 15) is 9.18 Å². The highest BCUT2D eigenvalue weighted by molar-refractivity contribution is 9.10. The Balaban J connectivity index is 2.19. The standard InChI is InChI=1S/C16H14BrFO3/c1-2-20-15-7-12(9-19)14(17)8-16(15)21-10-11-3-5-13(18)6-4-11/h3-9H,2,10H2,1H3. The number of benzene rings is 2. The second-order valence-corrected chi connectivity index (χ2v) is 5.14. The Morgan fingerprint density at radius 1 is 1.14 bits per heavy atom. The molecule has 21 heavy (non-hydrogen) atoms. The molecule has 0 unspecified atom stereocenters. The Morgan fingerprint density at radius 2 is 1.81 bits per heavy atom. The minimum absolute atomic E-state index is 0.285. The highest BCUT2D eigenvalue weighted by Crippen LogP contribution is 2.33. The van der Waals surface area contributed by atoms with Gasteiger partial charge in [-0.05, 0) is 52.7 Å². The molecule has 0 aliphatic rings. The van der Waals surface area contributed by atoms with E-state index in [0.29, 0.717) is 28.1 Å². The summed E-state index contributed by atoms with van der Waals surface area (Å²) in [6, 6.07) is 9.40. The number of aldehydes is 1. The van der Waals surface area contributed by atoms with Crippen LogP contribution in [0, 0.1) is 5.82 Å². The van der Waals surface area contributed by atoms with E-state index >= 15 is 0 Å². The number of ether oxygens (including phenoxy) is 2. The molecule has 3 nitrogen and oxygen atoms in total. The summed E-state index contributed by atoms with van der Waals surface area (Å²) in [5, 5.41) is 0. The third-order valence-electron chi connectivity index (χ3n) is 2.80. The molecule has 5 heteroatoms. The van der Waals surface area contributed by atoms with E-state index in [2.05, 4.69) is 15.9 Å². The number of hydrogen-bond acceptors (Lipinski definition) is 3. The summed E-state index contributed by atoms with van der Waals surface area (Å²) in [5.41, 5.74) is 1.34. The summed E-state index contributed by atoms with van der Waals surface area (Å²) in [6.07, 6.45) is 0.746. The maximum Gasteiger partial charge on any atom is 0.162 e. The predicted octanol–water partition coefficient (Wildman–Crippen LogP) is 4.38. The molecule has 0 aromatic heterocycles. The molecule has 2 aromatic carbocycles. The number of halogens is 2. The van der Waals surface area contributed by atoms with E-state index in [0.717, 1.165) is 11.8 Å². The third kappa shape index (κ3) is 4.04. The van der Waals surface area contributed by atoms with E-state index in [1.165, 1.54) is 12.1 Å². The Labute approximate surface area is 130 Å². The zero-order valence-corrected chi connectivity index (χ0v) is 13.0. The largest absolute Gasteiger partial charge is 0.490 e. The first kappa shape index (κ1) is 15.5. The topological polar surface area (TPSA) is 35.5 Å². The number of hydrogen-bond donors (Lipinski definition) is 0. The van der Waals surface area contributed by atoms with Crippen molar-refractivity contribution in [2.75, 3.05) is 6.61 Å². The average Bonchev–Trinajstić information content (AvgIpc) is 2.49.